The molecule has 0 atom stereocenters. The number of hydrogen-bond acceptors (Lipinski definition) is 11. The first-order valence-electron chi connectivity index (χ1n) is 10.4. The predicted octanol–water partition coefficient (Wildman–Crippen LogP) is 0.625. The molecule has 3 aromatic heterocycles. The van der Waals surface area contributed by atoms with Crippen molar-refractivity contribution in [1.82, 2.24) is 50.6 Å². The van der Waals surface area contributed by atoms with E-state index in [1.807, 2.05) is 38.1 Å². The van der Waals surface area contributed by atoms with E-state index in [9.17, 15) is 4.79 Å². The first-order valence-corrected chi connectivity index (χ1v) is 10.4. The highest BCUT2D eigenvalue weighted by Gasteiger charge is 2.25. The van der Waals surface area contributed by atoms with E-state index in [1.54, 1.807) is 11.6 Å². The Bertz CT molecular complexity index is 1280. The molecule has 3 heterocycles. The van der Waals surface area contributed by atoms with Crippen molar-refractivity contribution in [2.24, 2.45) is 5.10 Å². The van der Waals surface area contributed by atoms with Crippen LogP contribution in [0.2, 0.25) is 0 Å². The molecule has 14 nitrogen and oxygen atoms in total. The number of nitrogens with two attached hydrogens (primary N) is 1. The van der Waals surface area contributed by atoms with E-state index in [2.05, 4.69) is 51.0 Å². The summed E-state index contributed by atoms with van der Waals surface area (Å²) in [5.41, 5.74) is 11.3. The van der Waals surface area contributed by atoms with Crippen LogP contribution in [0.15, 0.2) is 34.0 Å². The molecule has 0 fully saturated rings. The largest absolute Gasteiger partial charge is 0.378 e. The minimum absolute atomic E-state index is 0.0431. The molecule has 1 amide bonds. The van der Waals surface area contributed by atoms with E-state index < -0.39 is 5.91 Å². The Labute approximate surface area is 188 Å². The summed E-state index contributed by atoms with van der Waals surface area (Å²) >= 11 is 0. The third kappa shape index (κ3) is 4.55. The van der Waals surface area contributed by atoms with Gasteiger partial charge in [0, 0.05) is 6.54 Å². The smallest absolute Gasteiger partial charge is 0.293 e. The van der Waals surface area contributed by atoms with Crippen molar-refractivity contribution in [1.29, 1.82) is 0 Å². The van der Waals surface area contributed by atoms with Gasteiger partial charge in [0.1, 0.15) is 5.52 Å². The zero-order valence-corrected chi connectivity index (χ0v) is 18.5. The highest BCUT2D eigenvalue weighted by atomic mass is 16.6. The van der Waals surface area contributed by atoms with Crippen LogP contribution in [0, 0.1) is 0 Å². The molecule has 0 unspecified atom stereocenters. The van der Waals surface area contributed by atoms with Gasteiger partial charge in [-0.25, -0.2) is 14.7 Å². The standard InChI is InChI=1S/C19H24N12O2/c1-4-29(5-2)11-15-16(23-28-31(15)18-17(20)25-33-26-18)19(32)24-21-12(3)10-30-14-9-7-6-8-13(14)22-27-30/h6-9H,4-5,10-11H2,1-3H3,(H2,20,25)(H,24,32)/b21-12-. The quantitative estimate of drug-likeness (QED) is 0.271. The van der Waals surface area contributed by atoms with Gasteiger partial charge in [0.25, 0.3) is 5.91 Å². The van der Waals surface area contributed by atoms with Crippen molar-refractivity contribution in [2.45, 2.75) is 33.9 Å². The molecule has 14 heteroatoms. The fourth-order valence-corrected chi connectivity index (χ4v) is 3.27. The SMILES string of the molecule is CCN(CC)Cc1c(C(=O)N/N=C(/C)Cn2nnc3ccccc32)nnn1-c1nonc1N. The average molecular weight is 452 g/mol. The second kappa shape index (κ2) is 9.52. The minimum atomic E-state index is -0.513. The molecular weight excluding hydrogens is 428 g/mol. The summed E-state index contributed by atoms with van der Waals surface area (Å²) in [6, 6.07) is 7.61. The van der Waals surface area contributed by atoms with Crippen LogP contribution in [-0.4, -0.2) is 69.9 Å². The van der Waals surface area contributed by atoms with Gasteiger partial charge >= 0.3 is 0 Å². The van der Waals surface area contributed by atoms with Crippen LogP contribution in [0.1, 0.15) is 37.0 Å². The summed E-state index contributed by atoms with van der Waals surface area (Å²) in [5.74, 6) is -0.302. The van der Waals surface area contributed by atoms with Crippen molar-refractivity contribution in [2.75, 3.05) is 18.8 Å². The highest BCUT2D eigenvalue weighted by molar-refractivity contribution is 5.94. The zero-order chi connectivity index (χ0) is 23.4. The molecule has 0 aliphatic rings. The summed E-state index contributed by atoms with van der Waals surface area (Å²) in [4.78, 5) is 15.0. The molecule has 0 aliphatic carbocycles. The molecule has 0 saturated heterocycles. The fraction of sp³-hybridized carbons (Fsp3) is 0.368. The Morgan fingerprint density at radius 2 is 1.97 bits per heavy atom. The van der Waals surface area contributed by atoms with Crippen molar-refractivity contribution in [3.8, 4) is 5.82 Å². The van der Waals surface area contributed by atoms with Gasteiger partial charge in [-0.15, -0.1) is 10.2 Å². The summed E-state index contributed by atoms with van der Waals surface area (Å²) in [6.07, 6.45) is 0. The maximum atomic E-state index is 12.9. The van der Waals surface area contributed by atoms with E-state index >= 15 is 0 Å². The Morgan fingerprint density at radius 3 is 2.70 bits per heavy atom. The van der Waals surface area contributed by atoms with Gasteiger partial charge in [0.2, 0.25) is 11.6 Å². The van der Waals surface area contributed by atoms with E-state index in [4.69, 9.17) is 5.73 Å². The van der Waals surface area contributed by atoms with Crippen LogP contribution in [-0.2, 0) is 13.1 Å². The molecular formula is C19H24N12O2. The molecule has 1 aromatic carbocycles. The summed E-state index contributed by atoms with van der Waals surface area (Å²) < 4.78 is 7.75. The normalized spacial score (nSPS) is 12.1. The van der Waals surface area contributed by atoms with Crippen LogP contribution in [0.25, 0.3) is 16.9 Å². The second-order valence-corrected chi connectivity index (χ2v) is 7.25. The third-order valence-electron chi connectivity index (χ3n) is 5.09. The summed E-state index contributed by atoms with van der Waals surface area (Å²) in [7, 11) is 0. The van der Waals surface area contributed by atoms with Crippen molar-refractivity contribution >= 4 is 28.5 Å². The van der Waals surface area contributed by atoms with E-state index in [-0.39, 0.29) is 17.3 Å². The lowest BCUT2D eigenvalue weighted by molar-refractivity contribution is 0.0947. The number of nitrogen functional groups attached to an aromatic ring is 1. The Kier molecular flexibility index (Phi) is 6.35. The summed E-state index contributed by atoms with van der Waals surface area (Å²) in [6.45, 7) is 8.10. The van der Waals surface area contributed by atoms with Gasteiger partial charge in [-0.1, -0.05) is 36.4 Å². The number of para-hydroxylation sites is 1. The average Bonchev–Trinajstić information content (AvgIpc) is 3.54. The van der Waals surface area contributed by atoms with Gasteiger partial charge in [-0.2, -0.15) is 9.78 Å². The van der Waals surface area contributed by atoms with Crippen LogP contribution >= 0.6 is 0 Å². The highest BCUT2D eigenvalue weighted by Crippen LogP contribution is 2.17. The Balaban J connectivity index is 1.55. The molecule has 0 spiro atoms. The van der Waals surface area contributed by atoms with Gasteiger partial charge < -0.3 is 5.73 Å². The van der Waals surface area contributed by atoms with Crippen molar-refractivity contribution in [3.63, 3.8) is 0 Å². The Morgan fingerprint density at radius 1 is 1.18 bits per heavy atom. The van der Waals surface area contributed by atoms with E-state index in [0.29, 0.717) is 24.5 Å². The first-order chi connectivity index (χ1) is 16.0. The Hall–Kier alpha value is -4.20. The number of carbonyl (C=O) groups excluding carboxylic acids is 1. The number of nitrogens with one attached hydrogen (secondary N) is 1. The lowest BCUT2D eigenvalue weighted by atomic mass is 10.2. The van der Waals surface area contributed by atoms with Crippen LogP contribution in [0.5, 0.6) is 0 Å². The number of carbonyl (C=O) groups is 1. The predicted molar refractivity (Wildman–Crippen MR) is 118 cm³/mol. The first kappa shape index (κ1) is 22.0. The minimum Gasteiger partial charge on any atom is -0.378 e. The summed E-state index contributed by atoms with van der Waals surface area (Å²) in [5, 5.41) is 27.9. The number of hydrogen-bond donors (Lipinski definition) is 2. The number of amides is 1. The lowest BCUT2D eigenvalue weighted by Crippen LogP contribution is -2.27. The van der Waals surface area contributed by atoms with Crippen molar-refractivity contribution < 1.29 is 9.42 Å². The number of benzene rings is 1. The van der Waals surface area contributed by atoms with Crippen molar-refractivity contribution in [3.05, 3.63) is 35.7 Å². The number of nitrogens with zero attached hydrogens (tertiary/aromatic N) is 10. The number of fused-ring (bicyclic) bond motifs is 1. The molecule has 0 aliphatic heterocycles. The molecule has 0 radical (unpaired) electrons. The molecule has 4 aromatic rings. The lowest BCUT2D eigenvalue weighted by Gasteiger charge is -2.18. The van der Waals surface area contributed by atoms with Crippen LogP contribution in [0.4, 0.5) is 5.82 Å². The number of aromatic nitrogens is 8. The van der Waals surface area contributed by atoms with Gasteiger partial charge in [-0.05, 0) is 42.5 Å². The number of hydrazone groups is 1. The van der Waals surface area contributed by atoms with Gasteiger partial charge in [0.15, 0.2) is 5.69 Å². The topological polar surface area (TPSA) is 171 Å². The fourth-order valence-electron chi connectivity index (χ4n) is 3.27. The van der Waals surface area contributed by atoms with E-state index in [1.165, 1.54) is 4.68 Å². The van der Waals surface area contributed by atoms with Gasteiger partial charge in [-0.3, -0.25) is 9.69 Å². The number of rotatable bonds is 9. The maximum absolute atomic E-state index is 12.9. The number of anilines is 1. The molecule has 0 saturated carbocycles. The molecule has 0 bridgehead atoms. The second-order valence-electron chi connectivity index (χ2n) is 7.25. The van der Waals surface area contributed by atoms with E-state index in [0.717, 1.165) is 24.1 Å². The molecule has 33 heavy (non-hydrogen) atoms. The van der Waals surface area contributed by atoms with Gasteiger partial charge in [0.05, 0.1) is 23.5 Å². The monoisotopic (exact) mass is 452 g/mol. The molecule has 4 rings (SSSR count). The maximum Gasteiger partial charge on any atom is 0.293 e. The molecule has 3 N–H and O–H groups in total. The van der Waals surface area contributed by atoms with Crippen LogP contribution in [0.3, 0.4) is 0 Å². The zero-order valence-electron chi connectivity index (χ0n) is 18.5. The third-order valence-corrected chi connectivity index (χ3v) is 5.09. The van der Waals surface area contributed by atoms with Crippen LogP contribution < -0.4 is 11.2 Å². The molecule has 172 valence electrons.